The summed E-state index contributed by atoms with van der Waals surface area (Å²) in [4.78, 5) is 0. The average Bonchev–Trinajstić information content (AvgIpc) is 2.74. The van der Waals surface area contributed by atoms with Gasteiger partial charge in [0.15, 0.2) is 0 Å². The molecule has 1 aliphatic heterocycles. The highest BCUT2D eigenvalue weighted by molar-refractivity contribution is 7.99. The largest absolute Gasteiger partial charge is 0.310 e. The molecule has 0 spiro atoms. The van der Waals surface area contributed by atoms with Crippen LogP contribution in [0.25, 0.3) is 0 Å². The molecule has 1 saturated heterocycles. The van der Waals surface area contributed by atoms with Gasteiger partial charge in [-0.25, -0.2) is 0 Å². The fraction of sp³-hybridized carbons (Fsp3) is 1.00. The van der Waals surface area contributed by atoms with Crippen molar-refractivity contribution < 1.29 is 0 Å². The van der Waals surface area contributed by atoms with E-state index in [2.05, 4.69) is 17.1 Å². The number of hydrogen-bond acceptors (Lipinski definition) is 2. The molecule has 2 heteroatoms. The van der Waals surface area contributed by atoms with Gasteiger partial charge in [0.1, 0.15) is 0 Å². The summed E-state index contributed by atoms with van der Waals surface area (Å²) < 4.78 is 0. The van der Waals surface area contributed by atoms with Gasteiger partial charge in [-0.05, 0) is 31.4 Å². The third kappa shape index (κ3) is 1.89. The Bertz CT molecular complexity index is 106. The lowest BCUT2D eigenvalue weighted by Crippen LogP contribution is -2.35. The van der Waals surface area contributed by atoms with Crippen molar-refractivity contribution >= 4 is 11.8 Å². The lowest BCUT2D eigenvalue weighted by atomic mass is 10.2. The molecule has 1 nitrogen and oxygen atoms in total. The first-order valence-corrected chi connectivity index (χ1v) is 5.44. The van der Waals surface area contributed by atoms with Gasteiger partial charge in [-0.15, -0.1) is 0 Å². The Balaban J connectivity index is 1.69. The topological polar surface area (TPSA) is 12.0 Å². The van der Waals surface area contributed by atoms with Gasteiger partial charge in [0.25, 0.3) is 0 Å². The number of nitrogens with one attached hydrogen (secondary N) is 1. The van der Waals surface area contributed by atoms with E-state index in [-0.39, 0.29) is 0 Å². The molecule has 1 atom stereocenters. The van der Waals surface area contributed by atoms with Crippen molar-refractivity contribution in [3.8, 4) is 0 Å². The maximum atomic E-state index is 3.67. The van der Waals surface area contributed by atoms with E-state index in [1.807, 2.05) is 0 Å². The van der Waals surface area contributed by atoms with E-state index >= 15 is 0 Å². The van der Waals surface area contributed by atoms with Crippen LogP contribution in [0.1, 0.15) is 25.7 Å². The van der Waals surface area contributed by atoms with Crippen LogP contribution < -0.4 is 5.32 Å². The second-order valence-electron chi connectivity index (χ2n) is 3.36. The van der Waals surface area contributed by atoms with E-state index in [9.17, 15) is 0 Å². The summed E-state index contributed by atoms with van der Waals surface area (Å²) in [7, 11) is 0. The third-order valence-corrected chi connectivity index (χ3v) is 3.42. The monoisotopic (exact) mass is 157 g/mol. The molecule has 0 aromatic carbocycles. The molecule has 0 aromatic rings. The van der Waals surface area contributed by atoms with Crippen molar-refractivity contribution in [2.24, 2.45) is 0 Å². The van der Waals surface area contributed by atoms with Crippen molar-refractivity contribution in [1.82, 2.24) is 5.32 Å². The SMILES string of the molecule is C1CSCC(NC2CC2)C1. The van der Waals surface area contributed by atoms with E-state index in [0.717, 1.165) is 12.1 Å². The average molecular weight is 157 g/mol. The van der Waals surface area contributed by atoms with E-state index < -0.39 is 0 Å². The Labute approximate surface area is 67.0 Å². The first-order chi connectivity index (χ1) is 4.95. The quantitative estimate of drug-likeness (QED) is 0.654. The first kappa shape index (κ1) is 6.99. The van der Waals surface area contributed by atoms with E-state index in [1.54, 1.807) is 0 Å². The van der Waals surface area contributed by atoms with Crippen LogP contribution in [-0.4, -0.2) is 23.6 Å². The van der Waals surface area contributed by atoms with Crippen LogP contribution in [0.5, 0.6) is 0 Å². The second-order valence-corrected chi connectivity index (χ2v) is 4.50. The first-order valence-electron chi connectivity index (χ1n) is 4.29. The smallest absolute Gasteiger partial charge is 0.0161 e. The zero-order valence-electron chi connectivity index (χ0n) is 6.31. The van der Waals surface area contributed by atoms with Gasteiger partial charge in [-0.2, -0.15) is 11.8 Å². The lowest BCUT2D eigenvalue weighted by Gasteiger charge is -2.22. The molecule has 58 valence electrons. The highest BCUT2D eigenvalue weighted by Crippen LogP contribution is 2.23. The highest BCUT2D eigenvalue weighted by atomic mass is 32.2. The maximum absolute atomic E-state index is 3.67. The zero-order chi connectivity index (χ0) is 6.81. The zero-order valence-corrected chi connectivity index (χ0v) is 7.12. The van der Waals surface area contributed by atoms with E-state index in [4.69, 9.17) is 0 Å². The predicted molar refractivity (Wildman–Crippen MR) is 46.5 cm³/mol. The Morgan fingerprint density at radius 2 is 2.00 bits per heavy atom. The van der Waals surface area contributed by atoms with Gasteiger partial charge in [0.05, 0.1) is 0 Å². The van der Waals surface area contributed by atoms with Crippen LogP contribution in [-0.2, 0) is 0 Å². The number of thioether (sulfide) groups is 1. The standard InChI is InChI=1S/C8H15NS/c1-2-8(6-10-5-1)9-7-3-4-7/h7-9H,1-6H2. The van der Waals surface area contributed by atoms with Crippen molar-refractivity contribution in [1.29, 1.82) is 0 Å². The summed E-state index contributed by atoms with van der Waals surface area (Å²) in [5, 5.41) is 3.67. The molecule has 1 aliphatic carbocycles. The Kier molecular flexibility index (Phi) is 2.19. The highest BCUT2D eigenvalue weighted by Gasteiger charge is 2.25. The Morgan fingerprint density at radius 1 is 1.10 bits per heavy atom. The van der Waals surface area contributed by atoms with E-state index in [0.29, 0.717) is 0 Å². The molecule has 1 unspecified atom stereocenters. The molecule has 2 aliphatic rings. The van der Waals surface area contributed by atoms with Gasteiger partial charge >= 0.3 is 0 Å². The second kappa shape index (κ2) is 3.14. The molecule has 1 saturated carbocycles. The fourth-order valence-electron chi connectivity index (χ4n) is 1.46. The molecule has 10 heavy (non-hydrogen) atoms. The van der Waals surface area contributed by atoms with Crippen LogP contribution in [0, 0.1) is 0 Å². The van der Waals surface area contributed by atoms with Crippen molar-refractivity contribution in [2.45, 2.75) is 37.8 Å². The van der Waals surface area contributed by atoms with Gasteiger partial charge in [-0.1, -0.05) is 0 Å². The van der Waals surface area contributed by atoms with Gasteiger partial charge in [-0.3, -0.25) is 0 Å². The number of rotatable bonds is 2. The molecule has 1 N–H and O–H groups in total. The summed E-state index contributed by atoms with van der Waals surface area (Å²) in [6.45, 7) is 0. The molecule has 0 bridgehead atoms. The fourth-order valence-corrected chi connectivity index (χ4v) is 2.54. The minimum Gasteiger partial charge on any atom is -0.310 e. The van der Waals surface area contributed by atoms with Crippen LogP contribution in [0.2, 0.25) is 0 Å². The molecule has 2 rings (SSSR count). The summed E-state index contributed by atoms with van der Waals surface area (Å²) >= 11 is 2.11. The summed E-state index contributed by atoms with van der Waals surface area (Å²) in [5.74, 6) is 2.75. The minimum absolute atomic E-state index is 0.853. The molecule has 0 amide bonds. The van der Waals surface area contributed by atoms with E-state index in [1.165, 1.54) is 37.2 Å². The summed E-state index contributed by atoms with van der Waals surface area (Å²) in [6.07, 6.45) is 5.71. The molecule has 2 fully saturated rings. The van der Waals surface area contributed by atoms with Gasteiger partial charge in [0, 0.05) is 17.8 Å². The van der Waals surface area contributed by atoms with Gasteiger partial charge in [0.2, 0.25) is 0 Å². The normalized spacial score (nSPS) is 34.2. The lowest BCUT2D eigenvalue weighted by molar-refractivity contribution is 0.505. The Morgan fingerprint density at radius 3 is 2.60 bits per heavy atom. The Hall–Kier alpha value is 0.310. The maximum Gasteiger partial charge on any atom is 0.0161 e. The molecular weight excluding hydrogens is 142 g/mol. The van der Waals surface area contributed by atoms with Crippen LogP contribution in [0.4, 0.5) is 0 Å². The molecule has 1 heterocycles. The number of hydrogen-bond donors (Lipinski definition) is 1. The summed E-state index contributed by atoms with van der Waals surface area (Å²) in [5.41, 5.74) is 0. The third-order valence-electron chi connectivity index (χ3n) is 2.21. The van der Waals surface area contributed by atoms with Gasteiger partial charge < -0.3 is 5.32 Å². The van der Waals surface area contributed by atoms with Crippen molar-refractivity contribution in [3.05, 3.63) is 0 Å². The predicted octanol–water partition coefficient (Wildman–Crippen LogP) is 1.63. The van der Waals surface area contributed by atoms with Crippen LogP contribution >= 0.6 is 11.8 Å². The summed E-state index contributed by atoms with van der Waals surface area (Å²) in [6, 6.07) is 1.76. The van der Waals surface area contributed by atoms with Crippen molar-refractivity contribution in [2.75, 3.05) is 11.5 Å². The molecular formula is C8H15NS. The van der Waals surface area contributed by atoms with Crippen LogP contribution in [0.3, 0.4) is 0 Å². The molecule has 0 radical (unpaired) electrons. The van der Waals surface area contributed by atoms with Crippen molar-refractivity contribution in [3.63, 3.8) is 0 Å². The van der Waals surface area contributed by atoms with Crippen LogP contribution in [0.15, 0.2) is 0 Å². The molecule has 0 aromatic heterocycles. The minimum atomic E-state index is 0.853.